The van der Waals surface area contributed by atoms with Gasteiger partial charge in [0.25, 0.3) is 0 Å². The highest BCUT2D eigenvalue weighted by Crippen LogP contribution is 2.20. The highest BCUT2D eigenvalue weighted by molar-refractivity contribution is 6.30. The summed E-state index contributed by atoms with van der Waals surface area (Å²) in [5, 5.41) is 4.65. The lowest BCUT2D eigenvalue weighted by Gasteiger charge is -2.00. The lowest BCUT2D eigenvalue weighted by atomic mass is 10.1. The molecule has 6 heteroatoms. The summed E-state index contributed by atoms with van der Waals surface area (Å²) in [5.41, 5.74) is 2.63. The smallest absolute Gasteiger partial charge is 0.187 e. The molecular formula is C12H13ClN4O. The lowest BCUT2D eigenvalue weighted by Crippen LogP contribution is -2.07. The molecule has 0 bridgehead atoms. The Bertz CT molecular complexity index is 589. The number of hydrogen-bond acceptors (Lipinski definition) is 4. The minimum Gasteiger partial charge on any atom is -0.292 e. The van der Waals surface area contributed by atoms with Crippen molar-refractivity contribution in [3.63, 3.8) is 0 Å². The van der Waals surface area contributed by atoms with E-state index in [1.54, 1.807) is 17.9 Å². The predicted octanol–water partition coefficient (Wildman–Crippen LogP) is 1.91. The number of nitrogens with zero attached hydrogens (tertiary/aromatic N) is 4. The largest absolute Gasteiger partial charge is 0.292 e. The Morgan fingerprint density at radius 1 is 1.33 bits per heavy atom. The van der Waals surface area contributed by atoms with Crippen LogP contribution in [0.5, 0.6) is 0 Å². The number of aryl methyl sites for hydroxylation is 3. The van der Waals surface area contributed by atoms with E-state index >= 15 is 0 Å². The summed E-state index contributed by atoms with van der Waals surface area (Å²) in [7, 11) is 1.75. The summed E-state index contributed by atoms with van der Waals surface area (Å²) in [4.78, 5) is 20.2. The van der Waals surface area contributed by atoms with E-state index in [0.717, 1.165) is 17.0 Å². The molecule has 2 aromatic heterocycles. The molecule has 0 atom stereocenters. The maximum Gasteiger partial charge on any atom is 0.187 e. The number of carbonyl (C=O) groups is 1. The van der Waals surface area contributed by atoms with E-state index in [1.807, 2.05) is 13.8 Å². The minimum absolute atomic E-state index is 0.111. The van der Waals surface area contributed by atoms with Gasteiger partial charge in [-0.15, -0.1) is 0 Å². The summed E-state index contributed by atoms with van der Waals surface area (Å²) >= 11 is 6.08. The van der Waals surface area contributed by atoms with E-state index in [1.165, 1.54) is 6.20 Å². The van der Waals surface area contributed by atoms with Crippen LogP contribution in [0.1, 0.15) is 27.4 Å². The van der Waals surface area contributed by atoms with E-state index < -0.39 is 0 Å². The highest BCUT2D eigenvalue weighted by atomic mass is 35.5. The molecule has 0 unspecified atom stereocenters. The van der Waals surface area contributed by atoms with Crippen molar-refractivity contribution in [2.45, 2.75) is 20.3 Å². The van der Waals surface area contributed by atoms with Crippen molar-refractivity contribution >= 4 is 17.4 Å². The molecule has 2 rings (SSSR count). The molecule has 0 saturated carbocycles. The molecule has 2 aromatic rings. The summed E-state index contributed by atoms with van der Waals surface area (Å²) in [5.74, 6) is -0.111. The van der Waals surface area contributed by atoms with Crippen LogP contribution in [0, 0.1) is 13.8 Å². The van der Waals surface area contributed by atoms with Crippen molar-refractivity contribution in [2.24, 2.45) is 7.05 Å². The molecule has 0 saturated heterocycles. The Kier molecular flexibility index (Phi) is 3.43. The van der Waals surface area contributed by atoms with Crippen molar-refractivity contribution in [1.82, 2.24) is 19.7 Å². The average molecular weight is 265 g/mol. The minimum atomic E-state index is -0.111. The molecule has 0 aliphatic heterocycles. The molecule has 0 N–H and O–H groups in total. The van der Waals surface area contributed by atoms with Crippen LogP contribution in [-0.2, 0) is 13.5 Å². The first-order valence-corrected chi connectivity index (χ1v) is 5.86. The summed E-state index contributed by atoms with van der Waals surface area (Å²) in [6, 6.07) is 0. The molecule has 0 aromatic carbocycles. The van der Waals surface area contributed by atoms with Crippen molar-refractivity contribution in [2.75, 3.05) is 0 Å². The van der Waals surface area contributed by atoms with Crippen LogP contribution in [0.15, 0.2) is 12.4 Å². The fourth-order valence-electron chi connectivity index (χ4n) is 1.66. The molecule has 0 amide bonds. The van der Waals surface area contributed by atoms with Crippen LogP contribution in [0.25, 0.3) is 0 Å². The first-order chi connectivity index (χ1) is 8.49. The van der Waals surface area contributed by atoms with Crippen molar-refractivity contribution in [3.8, 4) is 0 Å². The molecule has 5 nitrogen and oxygen atoms in total. The van der Waals surface area contributed by atoms with Crippen LogP contribution >= 0.6 is 11.6 Å². The van der Waals surface area contributed by atoms with E-state index in [9.17, 15) is 4.79 Å². The maximum absolute atomic E-state index is 12.0. The Hall–Kier alpha value is -1.75. The van der Waals surface area contributed by atoms with Gasteiger partial charge in [0.15, 0.2) is 5.78 Å². The van der Waals surface area contributed by atoms with Crippen LogP contribution in [-0.4, -0.2) is 25.5 Å². The van der Waals surface area contributed by atoms with Gasteiger partial charge in [-0.3, -0.25) is 14.5 Å². The van der Waals surface area contributed by atoms with Gasteiger partial charge in [-0.2, -0.15) is 5.10 Å². The molecular weight excluding hydrogens is 252 g/mol. The number of rotatable bonds is 3. The number of carbonyl (C=O) groups excluding carboxylic acids is 1. The number of halogens is 1. The van der Waals surface area contributed by atoms with Gasteiger partial charge in [0.1, 0.15) is 10.8 Å². The fourth-order valence-corrected chi connectivity index (χ4v) is 1.90. The summed E-state index contributed by atoms with van der Waals surface area (Å²) < 4.78 is 1.56. The standard InChI is InChI=1S/C12H13ClN4O/c1-7-5-15-10(6-14-7)11(18)4-9-8(2)16-17(3)12(9)13/h5-6H,4H2,1-3H3. The third kappa shape index (κ3) is 2.41. The lowest BCUT2D eigenvalue weighted by molar-refractivity contribution is 0.0987. The highest BCUT2D eigenvalue weighted by Gasteiger charge is 2.17. The number of Topliss-reactive ketones (excluding diaryl/α,β-unsaturated/α-hetero) is 1. The van der Waals surface area contributed by atoms with E-state index in [-0.39, 0.29) is 12.2 Å². The zero-order chi connectivity index (χ0) is 13.3. The van der Waals surface area contributed by atoms with E-state index in [0.29, 0.717) is 10.8 Å². The molecule has 0 aliphatic rings. The molecule has 18 heavy (non-hydrogen) atoms. The van der Waals surface area contributed by atoms with Gasteiger partial charge in [-0.05, 0) is 13.8 Å². The predicted molar refractivity (Wildman–Crippen MR) is 67.8 cm³/mol. The summed E-state index contributed by atoms with van der Waals surface area (Å²) in [6.07, 6.45) is 3.25. The van der Waals surface area contributed by atoms with Crippen molar-refractivity contribution in [3.05, 3.63) is 40.2 Å². The van der Waals surface area contributed by atoms with Crippen LogP contribution < -0.4 is 0 Å². The van der Waals surface area contributed by atoms with E-state index in [4.69, 9.17) is 11.6 Å². The zero-order valence-electron chi connectivity index (χ0n) is 10.4. The third-order valence-corrected chi connectivity index (χ3v) is 3.15. The second-order valence-corrected chi connectivity index (χ2v) is 4.48. The zero-order valence-corrected chi connectivity index (χ0v) is 11.2. The van der Waals surface area contributed by atoms with Crippen LogP contribution in [0.4, 0.5) is 0 Å². The number of aromatic nitrogens is 4. The molecule has 94 valence electrons. The molecule has 0 aliphatic carbocycles. The Morgan fingerprint density at radius 3 is 2.56 bits per heavy atom. The van der Waals surface area contributed by atoms with Crippen molar-refractivity contribution in [1.29, 1.82) is 0 Å². The monoisotopic (exact) mass is 264 g/mol. The molecule has 0 fully saturated rings. The van der Waals surface area contributed by atoms with Gasteiger partial charge in [0.2, 0.25) is 0 Å². The van der Waals surface area contributed by atoms with E-state index in [2.05, 4.69) is 15.1 Å². The first-order valence-electron chi connectivity index (χ1n) is 5.49. The maximum atomic E-state index is 12.0. The first kappa shape index (κ1) is 12.7. The van der Waals surface area contributed by atoms with Crippen LogP contribution in [0.2, 0.25) is 5.15 Å². The SMILES string of the molecule is Cc1cnc(C(=O)Cc2c(C)nn(C)c2Cl)cn1. The van der Waals surface area contributed by atoms with Gasteiger partial charge in [-0.1, -0.05) is 11.6 Å². The van der Waals surface area contributed by atoms with Gasteiger partial charge in [0.05, 0.1) is 17.6 Å². The normalized spacial score (nSPS) is 10.7. The summed E-state index contributed by atoms with van der Waals surface area (Å²) in [6.45, 7) is 3.65. The van der Waals surface area contributed by atoms with Crippen molar-refractivity contribution < 1.29 is 4.79 Å². The number of ketones is 1. The third-order valence-electron chi connectivity index (χ3n) is 2.67. The Balaban J connectivity index is 2.24. The number of hydrogen-bond donors (Lipinski definition) is 0. The second kappa shape index (κ2) is 4.86. The molecule has 0 radical (unpaired) electrons. The quantitative estimate of drug-likeness (QED) is 0.795. The fraction of sp³-hybridized carbons (Fsp3) is 0.333. The topological polar surface area (TPSA) is 60.7 Å². The van der Waals surface area contributed by atoms with Gasteiger partial charge in [0, 0.05) is 25.2 Å². The average Bonchev–Trinajstić information content (AvgIpc) is 2.57. The van der Waals surface area contributed by atoms with Gasteiger partial charge >= 0.3 is 0 Å². The Labute approximate surface area is 110 Å². The van der Waals surface area contributed by atoms with Gasteiger partial charge < -0.3 is 0 Å². The van der Waals surface area contributed by atoms with Gasteiger partial charge in [-0.25, -0.2) is 4.98 Å². The second-order valence-electron chi connectivity index (χ2n) is 4.12. The molecule has 0 spiro atoms. The molecule has 2 heterocycles. The Morgan fingerprint density at radius 2 is 2.06 bits per heavy atom. The van der Waals surface area contributed by atoms with Crippen LogP contribution in [0.3, 0.4) is 0 Å².